The van der Waals surface area contributed by atoms with Crippen LogP contribution >= 0.6 is 0 Å². The van der Waals surface area contributed by atoms with Crippen LogP contribution in [0.15, 0.2) is 30.3 Å². The zero-order valence-corrected chi connectivity index (χ0v) is 10.5. The summed E-state index contributed by atoms with van der Waals surface area (Å²) < 4.78 is 0. The van der Waals surface area contributed by atoms with Crippen LogP contribution in [0, 0.1) is 0 Å². The van der Waals surface area contributed by atoms with Gasteiger partial charge in [-0.15, -0.1) is 0 Å². The van der Waals surface area contributed by atoms with Crippen LogP contribution in [-0.4, -0.2) is 8.24 Å². The first-order valence-corrected chi connectivity index (χ1v) is 8.21. The molecule has 0 unspecified atom stereocenters. The van der Waals surface area contributed by atoms with Crippen molar-refractivity contribution in [2.45, 2.75) is 38.9 Å². The van der Waals surface area contributed by atoms with Gasteiger partial charge in [0, 0.05) is 5.69 Å². The molecule has 2 heteroatoms. The number of hydrogen-bond acceptors (Lipinski definition) is 1. The van der Waals surface area contributed by atoms with Gasteiger partial charge in [-0.3, -0.25) is 0 Å². The lowest BCUT2D eigenvalue weighted by Gasteiger charge is -2.30. The van der Waals surface area contributed by atoms with Gasteiger partial charge in [-0.25, -0.2) is 0 Å². The van der Waals surface area contributed by atoms with Crippen LogP contribution in [0.2, 0.25) is 18.1 Å². The largest absolute Gasteiger partial charge is 0.410 e. The highest BCUT2D eigenvalue weighted by Gasteiger charge is 2.26. The molecule has 0 bridgehead atoms. The first-order valence-electron chi connectivity index (χ1n) is 5.59. The van der Waals surface area contributed by atoms with E-state index in [1.54, 1.807) is 0 Å². The molecule has 1 aromatic rings. The third-order valence-electron chi connectivity index (χ3n) is 3.21. The Morgan fingerprint density at radius 2 is 1.43 bits per heavy atom. The Kier molecular flexibility index (Phi) is 4.20. The maximum atomic E-state index is 3.78. The minimum atomic E-state index is -1.21. The van der Waals surface area contributed by atoms with E-state index in [0.717, 1.165) is 0 Å². The molecule has 1 aromatic carbocycles. The minimum absolute atomic E-state index is 1.21. The Hall–Kier alpha value is -0.763. The summed E-state index contributed by atoms with van der Waals surface area (Å²) in [6.45, 7) is 6.94. The van der Waals surface area contributed by atoms with E-state index in [2.05, 4.69) is 56.1 Å². The Morgan fingerprint density at radius 3 is 1.86 bits per heavy atom. The molecule has 78 valence electrons. The summed E-state index contributed by atoms with van der Waals surface area (Å²) in [6.07, 6.45) is 0. The summed E-state index contributed by atoms with van der Waals surface area (Å²) in [4.78, 5) is 3.78. The molecule has 0 spiro atoms. The Labute approximate surface area is 88.6 Å². The molecular weight excluding hydrogens is 186 g/mol. The van der Waals surface area contributed by atoms with Gasteiger partial charge in [-0.05, 0) is 30.3 Å². The lowest BCUT2D eigenvalue weighted by Crippen LogP contribution is -2.41. The third-order valence-corrected chi connectivity index (χ3v) is 8.09. The zero-order chi connectivity index (χ0) is 10.4. The normalized spacial score (nSPS) is 11.4. The van der Waals surface area contributed by atoms with Gasteiger partial charge in [0.1, 0.15) is 0 Å². The smallest absolute Gasteiger partial charge is 0.152 e. The van der Waals surface area contributed by atoms with Crippen molar-refractivity contribution in [3.63, 3.8) is 0 Å². The van der Waals surface area contributed by atoms with Crippen LogP contribution in [0.3, 0.4) is 0 Å². The monoisotopic (exact) mass is 207 g/mol. The van der Waals surface area contributed by atoms with Gasteiger partial charge in [0.2, 0.25) is 0 Å². The van der Waals surface area contributed by atoms with Crippen molar-refractivity contribution in [2.24, 2.45) is 0 Å². The summed E-state index contributed by atoms with van der Waals surface area (Å²) in [5.41, 5.74) is 1.30. The van der Waals surface area contributed by atoms with E-state index in [1.165, 1.54) is 23.8 Å². The molecule has 0 fully saturated rings. The molecule has 1 nitrogen and oxygen atoms in total. The van der Waals surface area contributed by atoms with Crippen molar-refractivity contribution < 1.29 is 0 Å². The molecule has 0 saturated carbocycles. The SMILES string of the molecule is CC[Si](CC)(CC)Nc1ccccc1. The van der Waals surface area contributed by atoms with Crippen molar-refractivity contribution in [1.29, 1.82) is 0 Å². The predicted molar refractivity (Wildman–Crippen MR) is 67.3 cm³/mol. The van der Waals surface area contributed by atoms with Crippen LogP contribution in [0.1, 0.15) is 20.8 Å². The van der Waals surface area contributed by atoms with Crippen molar-refractivity contribution in [2.75, 3.05) is 4.98 Å². The summed E-state index contributed by atoms with van der Waals surface area (Å²) in [5, 5.41) is 0. The fraction of sp³-hybridized carbons (Fsp3) is 0.500. The van der Waals surface area contributed by atoms with Crippen LogP contribution in [-0.2, 0) is 0 Å². The molecule has 0 aliphatic rings. The Bertz CT molecular complexity index is 246. The van der Waals surface area contributed by atoms with E-state index >= 15 is 0 Å². The second-order valence-electron chi connectivity index (χ2n) is 3.83. The van der Waals surface area contributed by atoms with Gasteiger partial charge in [0.05, 0.1) is 0 Å². The molecule has 1 N–H and O–H groups in total. The summed E-state index contributed by atoms with van der Waals surface area (Å²) in [6, 6.07) is 14.5. The quantitative estimate of drug-likeness (QED) is 0.717. The second-order valence-corrected chi connectivity index (χ2v) is 8.76. The predicted octanol–water partition coefficient (Wildman–Crippen LogP) is 4.10. The van der Waals surface area contributed by atoms with Gasteiger partial charge in [0.25, 0.3) is 0 Å². The summed E-state index contributed by atoms with van der Waals surface area (Å²) in [5.74, 6) is 0. The van der Waals surface area contributed by atoms with Crippen molar-refractivity contribution in [3.8, 4) is 0 Å². The van der Waals surface area contributed by atoms with Crippen LogP contribution in [0.5, 0.6) is 0 Å². The van der Waals surface area contributed by atoms with Gasteiger partial charge >= 0.3 is 0 Å². The number of benzene rings is 1. The van der Waals surface area contributed by atoms with Gasteiger partial charge in [-0.1, -0.05) is 39.0 Å². The van der Waals surface area contributed by atoms with Crippen LogP contribution < -0.4 is 4.98 Å². The third kappa shape index (κ3) is 2.61. The lowest BCUT2D eigenvalue weighted by molar-refractivity contribution is 1.17. The van der Waals surface area contributed by atoms with Crippen molar-refractivity contribution >= 4 is 13.9 Å². The highest BCUT2D eigenvalue weighted by Crippen LogP contribution is 2.22. The lowest BCUT2D eigenvalue weighted by atomic mass is 10.3. The maximum absolute atomic E-state index is 3.78. The molecule has 0 radical (unpaired) electrons. The van der Waals surface area contributed by atoms with Crippen molar-refractivity contribution in [1.82, 2.24) is 0 Å². The maximum Gasteiger partial charge on any atom is 0.152 e. The summed E-state index contributed by atoms with van der Waals surface area (Å²) in [7, 11) is -1.21. The van der Waals surface area contributed by atoms with E-state index in [0.29, 0.717) is 0 Å². The first kappa shape index (κ1) is 11.3. The average Bonchev–Trinajstić information content (AvgIpc) is 2.28. The Balaban J connectivity index is 2.74. The van der Waals surface area contributed by atoms with E-state index in [9.17, 15) is 0 Å². The number of anilines is 1. The molecule has 14 heavy (non-hydrogen) atoms. The van der Waals surface area contributed by atoms with E-state index in [4.69, 9.17) is 0 Å². The zero-order valence-electron chi connectivity index (χ0n) is 9.51. The number of nitrogens with one attached hydrogen (secondary N) is 1. The molecule has 0 saturated heterocycles. The molecule has 0 amide bonds. The van der Waals surface area contributed by atoms with Gasteiger partial charge < -0.3 is 4.98 Å². The molecule has 0 atom stereocenters. The standard InChI is InChI=1S/C12H21NSi/c1-4-14(5-2,6-3)13-12-10-8-7-9-11-12/h7-11,13H,4-6H2,1-3H3. The fourth-order valence-electron chi connectivity index (χ4n) is 1.84. The topological polar surface area (TPSA) is 12.0 Å². The van der Waals surface area contributed by atoms with E-state index in [-0.39, 0.29) is 0 Å². The number of hydrogen-bond donors (Lipinski definition) is 1. The number of rotatable bonds is 5. The molecule has 0 aliphatic heterocycles. The van der Waals surface area contributed by atoms with E-state index in [1.807, 2.05) is 0 Å². The minimum Gasteiger partial charge on any atom is -0.410 e. The molecule has 1 rings (SSSR count). The summed E-state index contributed by atoms with van der Waals surface area (Å²) >= 11 is 0. The molecule has 0 heterocycles. The molecular formula is C12H21NSi. The van der Waals surface area contributed by atoms with Crippen LogP contribution in [0.4, 0.5) is 5.69 Å². The Morgan fingerprint density at radius 1 is 0.929 bits per heavy atom. The van der Waals surface area contributed by atoms with Gasteiger partial charge in [0.15, 0.2) is 8.24 Å². The van der Waals surface area contributed by atoms with Gasteiger partial charge in [-0.2, -0.15) is 0 Å². The van der Waals surface area contributed by atoms with Crippen molar-refractivity contribution in [3.05, 3.63) is 30.3 Å². The number of para-hydroxylation sites is 1. The average molecular weight is 207 g/mol. The fourth-order valence-corrected chi connectivity index (χ4v) is 4.65. The molecule has 0 aromatic heterocycles. The highest BCUT2D eigenvalue weighted by molar-refractivity contribution is 6.82. The van der Waals surface area contributed by atoms with E-state index < -0.39 is 8.24 Å². The second kappa shape index (κ2) is 5.20. The molecule has 0 aliphatic carbocycles. The first-order chi connectivity index (χ1) is 6.76. The van der Waals surface area contributed by atoms with Crippen LogP contribution in [0.25, 0.3) is 0 Å². The highest BCUT2D eigenvalue weighted by atomic mass is 28.3.